The maximum atomic E-state index is 13.3. The first-order chi connectivity index (χ1) is 9.51. The average Bonchev–Trinajstić information content (AvgIpc) is 2.43. The van der Waals surface area contributed by atoms with Gasteiger partial charge in [-0.15, -0.1) is 0 Å². The zero-order valence-corrected chi connectivity index (χ0v) is 12.5. The highest BCUT2D eigenvalue weighted by Crippen LogP contribution is 2.25. The quantitative estimate of drug-likeness (QED) is 0.912. The van der Waals surface area contributed by atoms with Gasteiger partial charge in [0.25, 0.3) is 0 Å². The minimum atomic E-state index is -0.423. The van der Waals surface area contributed by atoms with Crippen molar-refractivity contribution in [2.45, 2.75) is 12.5 Å². The summed E-state index contributed by atoms with van der Waals surface area (Å²) in [5.74, 6) is -0.572. The van der Waals surface area contributed by atoms with E-state index in [-0.39, 0.29) is 17.6 Å². The molecule has 2 N–H and O–H groups in total. The normalized spacial score (nSPS) is 12.2. The van der Waals surface area contributed by atoms with Crippen LogP contribution in [0.1, 0.15) is 17.2 Å². The van der Waals surface area contributed by atoms with Crippen LogP contribution in [0.3, 0.4) is 0 Å². The van der Waals surface area contributed by atoms with Crippen LogP contribution in [0.4, 0.5) is 8.78 Å². The zero-order valence-electron chi connectivity index (χ0n) is 10.9. The number of benzene rings is 2. The first-order valence-electron chi connectivity index (χ1n) is 6.04. The molecule has 0 spiro atoms. The van der Waals surface area contributed by atoms with Gasteiger partial charge < -0.3 is 10.5 Å². The average molecular weight is 342 g/mol. The van der Waals surface area contributed by atoms with E-state index in [4.69, 9.17) is 10.5 Å². The highest BCUT2D eigenvalue weighted by atomic mass is 79.9. The molecule has 0 aromatic heterocycles. The minimum Gasteiger partial charge on any atom is -0.494 e. The molecule has 1 unspecified atom stereocenters. The maximum Gasteiger partial charge on any atom is 0.165 e. The van der Waals surface area contributed by atoms with Crippen molar-refractivity contribution < 1.29 is 13.5 Å². The van der Waals surface area contributed by atoms with E-state index in [1.807, 2.05) is 0 Å². The molecule has 20 heavy (non-hydrogen) atoms. The Morgan fingerprint density at radius 2 is 1.85 bits per heavy atom. The Hall–Kier alpha value is -1.46. The Morgan fingerprint density at radius 3 is 2.50 bits per heavy atom. The zero-order chi connectivity index (χ0) is 14.7. The lowest BCUT2D eigenvalue weighted by molar-refractivity contribution is 0.385. The van der Waals surface area contributed by atoms with Crippen molar-refractivity contribution in [3.05, 3.63) is 63.6 Å². The largest absolute Gasteiger partial charge is 0.494 e. The van der Waals surface area contributed by atoms with Crippen molar-refractivity contribution in [1.29, 1.82) is 0 Å². The molecule has 2 rings (SSSR count). The second kappa shape index (κ2) is 6.33. The standard InChI is InChI=1S/C15H14BrF2NO/c1-20-15-8-10(3-5-13(15)18)14(19)7-9-2-4-12(17)11(16)6-9/h2-6,8,14H,7,19H2,1H3. The number of halogens is 3. The van der Waals surface area contributed by atoms with Gasteiger partial charge >= 0.3 is 0 Å². The summed E-state index contributed by atoms with van der Waals surface area (Å²) in [5, 5.41) is 0. The second-order valence-corrected chi connectivity index (χ2v) is 5.31. The van der Waals surface area contributed by atoms with Gasteiger partial charge in [-0.25, -0.2) is 8.78 Å². The van der Waals surface area contributed by atoms with Crippen molar-refractivity contribution in [1.82, 2.24) is 0 Å². The number of ether oxygens (including phenoxy) is 1. The summed E-state index contributed by atoms with van der Waals surface area (Å²) in [4.78, 5) is 0. The fraction of sp³-hybridized carbons (Fsp3) is 0.200. The van der Waals surface area contributed by atoms with Crippen LogP contribution < -0.4 is 10.5 Å². The first kappa shape index (κ1) is 14.9. The van der Waals surface area contributed by atoms with Gasteiger partial charge in [0.1, 0.15) is 5.82 Å². The van der Waals surface area contributed by atoms with Crippen LogP contribution in [0.25, 0.3) is 0 Å². The Kier molecular flexibility index (Phi) is 4.73. The third-order valence-corrected chi connectivity index (χ3v) is 3.65. The Morgan fingerprint density at radius 1 is 1.15 bits per heavy atom. The molecule has 0 amide bonds. The van der Waals surface area contributed by atoms with Crippen LogP contribution >= 0.6 is 15.9 Å². The molecule has 0 bridgehead atoms. The van der Waals surface area contributed by atoms with E-state index >= 15 is 0 Å². The summed E-state index contributed by atoms with van der Waals surface area (Å²) in [6.07, 6.45) is 0.521. The molecular formula is C15H14BrF2NO. The van der Waals surface area contributed by atoms with Gasteiger partial charge in [0.05, 0.1) is 11.6 Å². The number of rotatable bonds is 4. The minimum absolute atomic E-state index is 0.165. The van der Waals surface area contributed by atoms with E-state index in [9.17, 15) is 8.78 Å². The molecule has 2 aromatic carbocycles. The van der Waals surface area contributed by atoms with Crippen molar-refractivity contribution in [2.24, 2.45) is 5.73 Å². The smallest absolute Gasteiger partial charge is 0.165 e. The molecule has 0 saturated carbocycles. The van der Waals surface area contributed by atoms with Crippen molar-refractivity contribution in [2.75, 3.05) is 7.11 Å². The van der Waals surface area contributed by atoms with Crippen LogP contribution in [0, 0.1) is 11.6 Å². The maximum absolute atomic E-state index is 13.3. The summed E-state index contributed by atoms with van der Waals surface area (Å²) >= 11 is 3.14. The van der Waals surface area contributed by atoms with Crippen molar-refractivity contribution >= 4 is 15.9 Å². The molecule has 0 saturated heterocycles. The van der Waals surface area contributed by atoms with Crippen LogP contribution in [0.5, 0.6) is 5.75 Å². The van der Waals surface area contributed by atoms with Gasteiger partial charge in [0, 0.05) is 6.04 Å². The number of methoxy groups -OCH3 is 1. The molecule has 0 fully saturated rings. The molecule has 0 aliphatic heterocycles. The van der Waals surface area contributed by atoms with Crippen molar-refractivity contribution in [3.8, 4) is 5.75 Å². The lowest BCUT2D eigenvalue weighted by Crippen LogP contribution is -2.13. The molecular weight excluding hydrogens is 328 g/mol. The Balaban J connectivity index is 2.19. The third kappa shape index (κ3) is 3.35. The summed E-state index contributed by atoms with van der Waals surface area (Å²) in [7, 11) is 1.41. The number of hydrogen-bond acceptors (Lipinski definition) is 2. The second-order valence-electron chi connectivity index (χ2n) is 4.45. The van der Waals surface area contributed by atoms with Gasteiger partial charge in [-0.05, 0) is 57.7 Å². The van der Waals surface area contributed by atoms with E-state index in [0.717, 1.165) is 11.1 Å². The lowest BCUT2D eigenvalue weighted by atomic mass is 9.99. The Labute approximate surface area is 124 Å². The summed E-state index contributed by atoms with van der Waals surface area (Å²) < 4.78 is 31.8. The van der Waals surface area contributed by atoms with E-state index < -0.39 is 5.82 Å². The fourth-order valence-electron chi connectivity index (χ4n) is 1.95. The van der Waals surface area contributed by atoms with Gasteiger partial charge in [-0.3, -0.25) is 0 Å². The Bertz CT molecular complexity index is 619. The molecule has 5 heteroatoms. The third-order valence-electron chi connectivity index (χ3n) is 3.04. The molecule has 2 nitrogen and oxygen atoms in total. The number of nitrogens with two attached hydrogens (primary N) is 1. The predicted octanol–water partition coefficient (Wildman–Crippen LogP) is 3.98. The van der Waals surface area contributed by atoms with Crippen molar-refractivity contribution in [3.63, 3.8) is 0 Å². The summed E-state index contributed by atoms with van der Waals surface area (Å²) in [6.45, 7) is 0. The van der Waals surface area contributed by atoms with E-state index in [1.165, 1.54) is 19.2 Å². The lowest BCUT2D eigenvalue weighted by Gasteiger charge is -2.14. The van der Waals surface area contributed by atoms with Gasteiger partial charge in [-0.2, -0.15) is 0 Å². The summed E-state index contributed by atoms with van der Waals surface area (Å²) in [6, 6.07) is 8.98. The molecule has 0 aliphatic carbocycles. The van der Waals surface area contributed by atoms with E-state index in [0.29, 0.717) is 10.9 Å². The molecule has 0 radical (unpaired) electrons. The monoisotopic (exact) mass is 341 g/mol. The predicted molar refractivity (Wildman–Crippen MR) is 77.7 cm³/mol. The van der Waals surface area contributed by atoms with Crippen LogP contribution in [0.15, 0.2) is 40.9 Å². The molecule has 0 aliphatic rings. The summed E-state index contributed by atoms with van der Waals surface area (Å²) in [5.41, 5.74) is 7.77. The topological polar surface area (TPSA) is 35.2 Å². The SMILES string of the molecule is COc1cc(C(N)Cc2ccc(F)c(Br)c2)ccc1F. The van der Waals surface area contributed by atoms with E-state index in [2.05, 4.69) is 15.9 Å². The molecule has 1 atom stereocenters. The highest BCUT2D eigenvalue weighted by molar-refractivity contribution is 9.10. The molecule has 2 aromatic rings. The molecule has 0 heterocycles. The first-order valence-corrected chi connectivity index (χ1v) is 6.83. The van der Waals surface area contributed by atoms with E-state index in [1.54, 1.807) is 24.3 Å². The van der Waals surface area contributed by atoms with Gasteiger partial charge in [0.15, 0.2) is 11.6 Å². The van der Waals surface area contributed by atoms with Crippen LogP contribution in [-0.4, -0.2) is 7.11 Å². The fourth-order valence-corrected chi connectivity index (χ4v) is 2.37. The van der Waals surface area contributed by atoms with Gasteiger partial charge in [0.2, 0.25) is 0 Å². The van der Waals surface area contributed by atoms with Crippen LogP contribution in [0.2, 0.25) is 0 Å². The highest BCUT2D eigenvalue weighted by Gasteiger charge is 2.12. The van der Waals surface area contributed by atoms with Gasteiger partial charge in [-0.1, -0.05) is 12.1 Å². The van der Waals surface area contributed by atoms with Crippen LogP contribution in [-0.2, 0) is 6.42 Å². The number of hydrogen-bond donors (Lipinski definition) is 1. The molecule has 106 valence electrons.